The maximum Gasteiger partial charge on any atom is 0.271 e. The van der Waals surface area contributed by atoms with Crippen molar-refractivity contribution in [1.82, 2.24) is 15.2 Å². The summed E-state index contributed by atoms with van der Waals surface area (Å²) in [6.45, 7) is 10.8. The average molecular weight is 501 g/mol. The molecule has 0 spiro atoms. The highest BCUT2D eigenvalue weighted by atomic mass is 35.5. The zero-order valence-electron chi connectivity index (χ0n) is 18.8. The van der Waals surface area contributed by atoms with Crippen LogP contribution in [-0.4, -0.2) is 78.2 Å². The van der Waals surface area contributed by atoms with Gasteiger partial charge in [0.05, 0.1) is 46.3 Å². The van der Waals surface area contributed by atoms with Gasteiger partial charge in [-0.2, -0.15) is 0 Å². The number of nitro groups is 1. The highest BCUT2D eigenvalue weighted by Gasteiger charge is 2.37. The van der Waals surface area contributed by atoms with Crippen molar-refractivity contribution in [2.45, 2.75) is 6.42 Å². The second-order valence-corrected chi connectivity index (χ2v) is 10.4. The second kappa shape index (κ2) is 10.0. The van der Waals surface area contributed by atoms with E-state index in [1.54, 1.807) is 6.07 Å². The normalized spacial score (nSPS) is 22.1. The third kappa shape index (κ3) is 5.26. The summed E-state index contributed by atoms with van der Waals surface area (Å²) in [6, 6.07) is 10.4. The summed E-state index contributed by atoms with van der Waals surface area (Å²) < 4.78 is 2.10. The monoisotopic (exact) mass is 500 g/mol. The lowest BCUT2D eigenvalue weighted by Crippen LogP contribution is -2.68. The van der Waals surface area contributed by atoms with E-state index < -0.39 is 4.92 Å². The van der Waals surface area contributed by atoms with Crippen LogP contribution < -0.4 is 5.32 Å². The van der Waals surface area contributed by atoms with E-state index >= 15 is 0 Å². The molecule has 0 atom stereocenters. The van der Waals surface area contributed by atoms with Crippen molar-refractivity contribution in [3.05, 3.63) is 57.1 Å². The SMILES string of the molecule is O=[N+]([O-])c1ccc2sc(N=Nc3ccc(CCNCC[N+]45CCN(CC4)CC5)cc3Cl)nc2c1. The first-order valence-electron chi connectivity index (χ1n) is 11.5. The molecule has 1 aromatic heterocycles. The van der Waals surface area contributed by atoms with Crippen LogP contribution in [0.15, 0.2) is 46.6 Å². The highest BCUT2D eigenvalue weighted by molar-refractivity contribution is 7.21. The maximum absolute atomic E-state index is 10.9. The van der Waals surface area contributed by atoms with Gasteiger partial charge < -0.3 is 9.80 Å². The van der Waals surface area contributed by atoms with Gasteiger partial charge >= 0.3 is 0 Å². The van der Waals surface area contributed by atoms with Crippen LogP contribution in [0.2, 0.25) is 5.02 Å². The number of aromatic nitrogens is 1. The quantitative estimate of drug-likeness (QED) is 0.153. The number of nitro benzene ring substituents is 1. The molecule has 9 nitrogen and oxygen atoms in total. The third-order valence-corrected chi connectivity index (χ3v) is 8.07. The van der Waals surface area contributed by atoms with Gasteiger partial charge in [0, 0.05) is 38.3 Å². The first-order valence-corrected chi connectivity index (χ1v) is 12.7. The predicted octanol–water partition coefficient (Wildman–Crippen LogP) is 4.55. The highest BCUT2D eigenvalue weighted by Crippen LogP contribution is 2.33. The van der Waals surface area contributed by atoms with Crippen molar-refractivity contribution in [3.8, 4) is 0 Å². The summed E-state index contributed by atoms with van der Waals surface area (Å²) in [4.78, 5) is 17.4. The molecule has 2 bridgehead atoms. The van der Waals surface area contributed by atoms with Gasteiger partial charge in [-0.15, -0.1) is 10.2 Å². The van der Waals surface area contributed by atoms with Crippen molar-refractivity contribution in [2.75, 3.05) is 58.9 Å². The number of halogens is 1. The van der Waals surface area contributed by atoms with E-state index in [0.29, 0.717) is 21.4 Å². The van der Waals surface area contributed by atoms with Gasteiger partial charge in [0.2, 0.25) is 5.13 Å². The molecular formula is C23H27ClN7O2S+. The summed E-state index contributed by atoms with van der Waals surface area (Å²) >= 11 is 7.77. The number of rotatable bonds is 9. The average Bonchev–Trinajstić information content (AvgIpc) is 3.26. The molecule has 3 aliphatic heterocycles. The maximum atomic E-state index is 10.9. The number of hydrogen-bond donors (Lipinski definition) is 1. The van der Waals surface area contributed by atoms with E-state index in [-0.39, 0.29) is 5.69 Å². The Morgan fingerprint density at radius 3 is 2.65 bits per heavy atom. The van der Waals surface area contributed by atoms with Crippen LogP contribution in [0.1, 0.15) is 5.56 Å². The molecular weight excluding hydrogens is 474 g/mol. The van der Waals surface area contributed by atoms with Crippen LogP contribution in [0.5, 0.6) is 0 Å². The third-order valence-electron chi connectivity index (χ3n) is 6.85. The second-order valence-electron chi connectivity index (χ2n) is 8.97. The summed E-state index contributed by atoms with van der Waals surface area (Å²) in [5.74, 6) is 0. The summed E-state index contributed by atoms with van der Waals surface area (Å²) in [5.41, 5.74) is 2.27. The molecule has 0 radical (unpaired) electrons. The summed E-state index contributed by atoms with van der Waals surface area (Å²) in [5, 5.41) is 23.9. The molecule has 0 aliphatic carbocycles. The molecule has 11 heteroatoms. The molecule has 6 rings (SSSR count). The van der Waals surface area contributed by atoms with Gasteiger partial charge in [-0.05, 0) is 36.7 Å². The van der Waals surface area contributed by atoms with Gasteiger partial charge in [-0.25, -0.2) is 4.98 Å². The largest absolute Gasteiger partial charge is 0.319 e. The van der Waals surface area contributed by atoms with Crippen molar-refractivity contribution in [1.29, 1.82) is 0 Å². The molecule has 4 heterocycles. The number of fused-ring (bicyclic) bond motifs is 4. The van der Waals surface area contributed by atoms with Gasteiger partial charge in [-0.3, -0.25) is 15.0 Å². The Hall–Kier alpha value is -2.50. The Kier molecular flexibility index (Phi) is 6.84. The van der Waals surface area contributed by atoms with E-state index in [0.717, 1.165) is 29.8 Å². The Labute approximate surface area is 206 Å². The van der Waals surface area contributed by atoms with E-state index in [4.69, 9.17) is 11.6 Å². The van der Waals surface area contributed by atoms with Crippen LogP contribution in [0.4, 0.5) is 16.5 Å². The molecule has 3 saturated heterocycles. The number of thiazole rings is 1. The number of piperazine rings is 3. The minimum absolute atomic E-state index is 0.00693. The minimum atomic E-state index is -0.436. The van der Waals surface area contributed by atoms with Crippen LogP contribution in [0, 0.1) is 10.1 Å². The van der Waals surface area contributed by atoms with Crippen LogP contribution in [-0.2, 0) is 6.42 Å². The predicted molar refractivity (Wildman–Crippen MR) is 135 cm³/mol. The van der Waals surface area contributed by atoms with Gasteiger partial charge in [0.15, 0.2) is 0 Å². The van der Waals surface area contributed by atoms with Crippen molar-refractivity contribution >= 4 is 49.7 Å². The van der Waals surface area contributed by atoms with Crippen molar-refractivity contribution in [3.63, 3.8) is 0 Å². The Morgan fingerprint density at radius 1 is 1.12 bits per heavy atom. The lowest BCUT2D eigenvalue weighted by Gasteiger charge is -2.50. The smallest absolute Gasteiger partial charge is 0.271 e. The van der Waals surface area contributed by atoms with Gasteiger partial charge in [0.25, 0.3) is 5.69 Å². The van der Waals surface area contributed by atoms with Crippen LogP contribution >= 0.6 is 22.9 Å². The number of benzene rings is 2. The Bertz CT molecular complexity index is 1210. The molecule has 0 unspecified atom stereocenters. The fraction of sp³-hybridized carbons (Fsp3) is 0.435. The molecule has 0 saturated carbocycles. The molecule has 2 aromatic carbocycles. The molecule has 3 aliphatic rings. The number of nitrogens with one attached hydrogen (secondary N) is 1. The lowest BCUT2D eigenvalue weighted by molar-refractivity contribution is -0.939. The molecule has 0 amide bonds. The van der Waals surface area contributed by atoms with Gasteiger partial charge in [0.1, 0.15) is 5.69 Å². The molecule has 3 aromatic rings. The van der Waals surface area contributed by atoms with E-state index in [9.17, 15) is 10.1 Å². The number of non-ortho nitro benzene ring substituents is 1. The van der Waals surface area contributed by atoms with E-state index in [1.165, 1.54) is 73.8 Å². The van der Waals surface area contributed by atoms with Crippen LogP contribution in [0.3, 0.4) is 0 Å². The zero-order valence-corrected chi connectivity index (χ0v) is 20.4. The summed E-state index contributed by atoms with van der Waals surface area (Å²) in [6.07, 6.45) is 0.904. The number of azo groups is 1. The number of hydrogen-bond acceptors (Lipinski definition) is 8. The molecule has 178 valence electrons. The first kappa shape index (κ1) is 23.3. The first-order chi connectivity index (χ1) is 16.5. The molecule has 3 fully saturated rings. The summed E-state index contributed by atoms with van der Waals surface area (Å²) in [7, 11) is 0. The zero-order chi connectivity index (χ0) is 23.5. The minimum Gasteiger partial charge on any atom is -0.319 e. The van der Waals surface area contributed by atoms with Gasteiger partial charge in [-0.1, -0.05) is 29.0 Å². The van der Waals surface area contributed by atoms with E-state index in [2.05, 4.69) is 25.4 Å². The topological polar surface area (TPSA) is 96.0 Å². The molecule has 34 heavy (non-hydrogen) atoms. The van der Waals surface area contributed by atoms with Crippen LogP contribution in [0.25, 0.3) is 10.2 Å². The number of quaternary nitrogens is 1. The fourth-order valence-corrected chi connectivity index (χ4v) is 5.69. The fourth-order valence-electron chi connectivity index (χ4n) is 4.68. The van der Waals surface area contributed by atoms with Crippen molar-refractivity contribution < 1.29 is 9.41 Å². The standard InChI is InChI=1S/C23H27ClN7O2S/c24-19-15-17(5-6-25-7-11-31-12-8-29(9-13-31)10-14-31)1-3-20(19)27-28-23-26-21-16-18(30(32)33)2-4-22(21)34-23/h1-4,15-16,25H,5-14H2/q+1. The Morgan fingerprint density at radius 2 is 1.91 bits per heavy atom. The number of nitrogens with zero attached hydrogens (tertiary/aromatic N) is 6. The van der Waals surface area contributed by atoms with E-state index in [1.807, 2.05) is 18.2 Å². The Balaban J connectivity index is 1.13. The molecule has 1 N–H and O–H groups in total. The van der Waals surface area contributed by atoms with Crippen molar-refractivity contribution in [2.24, 2.45) is 10.2 Å². The lowest BCUT2D eigenvalue weighted by atomic mass is 10.1.